The van der Waals surface area contributed by atoms with Crippen LogP contribution in [0, 0.1) is 28.6 Å². The summed E-state index contributed by atoms with van der Waals surface area (Å²) in [4.78, 5) is 13.8. The fourth-order valence-corrected chi connectivity index (χ4v) is 4.90. The van der Waals surface area contributed by atoms with Crippen molar-refractivity contribution in [3.63, 3.8) is 0 Å². The summed E-state index contributed by atoms with van der Waals surface area (Å²) in [5, 5.41) is 28.3. The highest BCUT2D eigenvalue weighted by molar-refractivity contribution is 5.94. The highest BCUT2D eigenvalue weighted by atomic mass is 15.3. The van der Waals surface area contributed by atoms with E-state index in [0.29, 0.717) is 11.3 Å². The Kier molecular flexibility index (Phi) is 5.61. The number of nitrogens with one attached hydrogen (secondary N) is 1. The maximum absolute atomic E-state index is 9.85. The molecular formula is C26H26N8. The summed E-state index contributed by atoms with van der Waals surface area (Å²) in [6, 6.07) is 14.7. The van der Waals surface area contributed by atoms with Gasteiger partial charge < -0.3 is 9.80 Å². The molecule has 3 aromatic rings. The first-order valence-electron chi connectivity index (χ1n) is 11.4. The predicted molar refractivity (Wildman–Crippen MR) is 132 cm³/mol. The van der Waals surface area contributed by atoms with Crippen molar-refractivity contribution in [3.8, 4) is 23.4 Å². The Hall–Kier alpha value is -4.01. The number of nitriles is 2. The number of piperazine rings is 1. The zero-order chi connectivity index (χ0) is 23.8. The van der Waals surface area contributed by atoms with Gasteiger partial charge in [0.2, 0.25) is 0 Å². The quantitative estimate of drug-likeness (QED) is 0.649. The summed E-state index contributed by atoms with van der Waals surface area (Å²) < 4.78 is 0. The van der Waals surface area contributed by atoms with Crippen LogP contribution in [-0.4, -0.2) is 59.0 Å². The largest absolute Gasteiger partial charge is 0.354 e. The topological polar surface area (TPSA) is 108 Å². The molecule has 1 saturated heterocycles. The zero-order valence-electron chi connectivity index (χ0n) is 19.6. The second kappa shape index (κ2) is 8.74. The number of anilines is 1. The van der Waals surface area contributed by atoms with Crippen LogP contribution in [0.1, 0.15) is 25.3 Å². The van der Waals surface area contributed by atoms with Crippen molar-refractivity contribution in [1.29, 1.82) is 10.5 Å². The van der Waals surface area contributed by atoms with Crippen LogP contribution >= 0.6 is 0 Å². The van der Waals surface area contributed by atoms with Gasteiger partial charge in [-0.2, -0.15) is 15.6 Å². The Morgan fingerprint density at radius 1 is 1.06 bits per heavy atom. The molecule has 4 heterocycles. The molecule has 2 aliphatic heterocycles. The van der Waals surface area contributed by atoms with Gasteiger partial charge in [0.15, 0.2) is 0 Å². The maximum Gasteiger partial charge on any atom is 0.128 e. The van der Waals surface area contributed by atoms with E-state index in [9.17, 15) is 10.5 Å². The molecule has 34 heavy (non-hydrogen) atoms. The van der Waals surface area contributed by atoms with Crippen LogP contribution in [-0.2, 0) is 0 Å². The molecule has 170 valence electrons. The predicted octanol–water partition coefficient (Wildman–Crippen LogP) is 3.87. The van der Waals surface area contributed by atoms with E-state index in [1.165, 1.54) is 0 Å². The number of aliphatic imine (C=N–C) groups is 1. The van der Waals surface area contributed by atoms with Crippen LogP contribution in [0.15, 0.2) is 52.8 Å². The molecule has 8 heteroatoms. The summed E-state index contributed by atoms with van der Waals surface area (Å²) in [5.74, 6) is 0.151. The molecule has 1 fully saturated rings. The van der Waals surface area contributed by atoms with Crippen molar-refractivity contribution in [1.82, 2.24) is 20.1 Å². The normalized spacial score (nSPS) is 21.3. The minimum Gasteiger partial charge on any atom is -0.354 e. The van der Waals surface area contributed by atoms with Gasteiger partial charge in [0, 0.05) is 55.0 Å². The highest BCUT2D eigenvalue weighted by Crippen LogP contribution is 2.40. The lowest BCUT2D eigenvalue weighted by Crippen LogP contribution is -2.44. The SMILES string of the molecule is CC1=NC(C)=C(C#N)C(c2ccc3[nH]nc(-c4ccc(N5CCN(C)CC5)nc4)c3c2)C1C#N. The molecule has 1 N–H and O–H groups in total. The summed E-state index contributed by atoms with van der Waals surface area (Å²) in [6.07, 6.45) is 1.87. The molecule has 0 bridgehead atoms. The molecule has 0 amide bonds. The lowest BCUT2D eigenvalue weighted by Gasteiger charge is -2.33. The molecule has 5 rings (SSSR count). The van der Waals surface area contributed by atoms with Gasteiger partial charge in [-0.1, -0.05) is 6.07 Å². The van der Waals surface area contributed by atoms with Crippen LogP contribution in [0.3, 0.4) is 0 Å². The van der Waals surface area contributed by atoms with E-state index in [4.69, 9.17) is 4.98 Å². The molecule has 0 spiro atoms. The van der Waals surface area contributed by atoms with Crippen LogP contribution in [0.4, 0.5) is 5.82 Å². The maximum atomic E-state index is 9.85. The molecule has 2 unspecified atom stereocenters. The Balaban J connectivity index is 1.51. The van der Waals surface area contributed by atoms with Crippen molar-refractivity contribution >= 4 is 22.4 Å². The first-order valence-corrected chi connectivity index (χ1v) is 11.4. The number of rotatable bonds is 3. The van der Waals surface area contributed by atoms with Gasteiger partial charge in [0.25, 0.3) is 0 Å². The number of likely N-dealkylation sites (N-methyl/N-ethyl adjacent to an activating group) is 1. The van der Waals surface area contributed by atoms with E-state index in [2.05, 4.69) is 56.3 Å². The third-order valence-corrected chi connectivity index (χ3v) is 6.88. The first-order chi connectivity index (χ1) is 16.5. The number of allylic oxidation sites excluding steroid dienone is 2. The van der Waals surface area contributed by atoms with Gasteiger partial charge in [-0.25, -0.2) is 4.98 Å². The smallest absolute Gasteiger partial charge is 0.128 e. The van der Waals surface area contributed by atoms with E-state index in [1.807, 2.05) is 38.2 Å². The summed E-state index contributed by atoms with van der Waals surface area (Å²) >= 11 is 0. The number of aromatic amines is 1. The Labute approximate surface area is 198 Å². The number of pyridine rings is 1. The van der Waals surface area contributed by atoms with Crippen molar-refractivity contribution in [2.45, 2.75) is 19.8 Å². The highest BCUT2D eigenvalue weighted by Gasteiger charge is 2.34. The standard InChI is InChI=1S/C26H26N8/c1-16-21(13-27)25(22(14-28)17(2)30-16)18-4-6-23-20(12-18)26(32-31-23)19-5-7-24(29-15-19)34-10-8-33(3)9-11-34/h4-7,12,15,21,25H,8-11H2,1-3H3,(H,31,32). The number of nitrogens with zero attached hydrogens (tertiary/aromatic N) is 7. The number of benzene rings is 1. The zero-order valence-corrected chi connectivity index (χ0v) is 19.6. The minimum absolute atomic E-state index is 0.350. The average Bonchev–Trinajstić information content (AvgIpc) is 3.27. The lowest BCUT2D eigenvalue weighted by molar-refractivity contribution is 0.312. The number of fused-ring (bicyclic) bond motifs is 1. The molecule has 2 aliphatic rings. The van der Waals surface area contributed by atoms with Gasteiger partial charge >= 0.3 is 0 Å². The van der Waals surface area contributed by atoms with Crippen LogP contribution in [0.5, 0.6) is 0 Å². The number of H-pyrrole nitrogens is 1. The van der Waals surface area contributed by atoms with Gasteiger partial charge in [0.05, 0.1) is 34.8 Å². The molecule has 2 aromatic heterocycles. The number of hydrogen-bond acceptors (Lipinski definition) is 7. The van der Waals surface area contributed by atoms with Crippen LogP contribution < -0.4 is 4.90 Å². The third kappa shape index (κ3) is 3.72. The van der Waals surface area contributed by atoms with Gasteiger partial charge in [0.1, 0.15) is 11.5 Å². The Bertz CT molecular complexity index is 1370. The van der Waals surface area contributed by atoms with Gasteiger partial charge in [-0.05, 0) is 50.7 Å². The fraction of sp³-hybridized carbons (Fsp3) is 0.346. The van der Waals surface area contributed by atoms with Crippen molar-refractivity contribution in [2.75, 3.05) is 38.1 Å². The minimum atomic E-state index is -0.476. The third-order valence-electron chi connectivity index (χ3n) is 6.88. The Morgan fingerprint density at radius 3 is 2.53 bits per heavy atom. The molecule has 0 saturated carbocycles. The molecule has 0 radical (unpaired) electrons. The number of hydrogen-bond donors (Lipinski definition) is 1. The van der Waals surface area contributed by atoms with Crippen molar-refractivity contribution in [3.05, 3.63) is 53.4 Å². The van der Waals surface area contributed by atoms with Gasteiger partial charge in [-0.15, -0.1) is 0 Å². The summed E-state index contributed by atoms with van der Waals surface area (Å²) in [5.41, 5.74) is 5.49. The molecule has 8 nitrogen and oxygen atoms in total. The number of aromatic nitrogens is 3. The second-order valence-electron chi connectivity index (χ2n) is 9.02. The summed E-state index contributed by atoms with van der Waals surface area (Å²) in [7, 11) is 2.14. The second-order valence-corrected chi connectivity index (χ2v) is 9.02. The van der Waals surface area contributed by atoms with Crippen LogP contribution in [0.2, 0.25) is 0 Å². The summed E-state index contributed by atoms with van der Waals surface area (Å²) in [6.45, 7) is 7.69. The molecule has 2 atom stereocenters. The first kappa shape index (κ1) is 21.8. The lowest BCUT2D eigenvalue weighted by atomic mass is 9.76. The Morgan fingerprint density at radius 2 is 1.85 bits per heavy atom. The molecule has 1 aromatic carbocycles. The monoisotopic (exact) mass is 450 g/mol. The van der Waals surface area contributed by atoms with Crippen molar-refractivity contribution < 1.29 is 0 Å². The van der Waals surface area contributed by atoms with E-state index in [1.54, 1.807) is 0 Å². The van der Waals surface area contributed by atoms with E-state index >= 15 is 0 Å². The molecular weight excluding hydrogens is 424 g/mol. The van der Waals surface area contributed by atoms with Crippen LogP contribution in [0.25, 0.3) is 22.2 Å². The fourth-order valence-electron chi connectivity index (χ4n) is 4.90. The molecule has 0 aliphatic carbocycles. The van der Waals surface area contributed by atoms with E-state index in [0.717, 1.165) is 65.4 Å². The van der Waals surface area contributed by atoms with E-state index < -0.39 is 5.92 Å². The average molecular weight is 451 g/mol. The van der Waals surface area contributed by atoms with Crippen molar-refractivity contribution in [2.24, 2.45) is 10.9 Å². The van der Waals surface area contributed by atoms with E-state index in [-0.39, 0.29) is 5.92 Å². The van der Waals surface area contributed by atoms with Gasteiger partial charge in [-0.3, -0.25) is 10.1 Å².